The van der Waals surface area contributed by atoms with Crippen molar-refractivity contribution in [3.63, 3.8) is 0 Å². The lowest BCUT2D eigenvalue weighted by Crippen LogP contribution is -2.48. The average molecular weight is 315 g/mol. The van der Waals surface area contributed by atoms with Gasteiger partial charge in [0.2, 0.25) is 0 Å². The SMILES string of the molecule is CC1CN(C(=O)c2cccc(F)c2Br)CCC1N. The fourth-order valence-electron chi connectivity index (χ4n) is 2.19. The van der Waals surface area contributed by atoms with E-state index in [4.69, 9.17) is 5.73 Å². The molecule has 3 nitrogen and oxygen atoms in total. The molecule has 0 radical (unpaired) electrons. The van der Waals surface area contributed by atoms with Crippen LogP contribution in [0.15, 0.2) is 22.7 Å². The van der Waals surface area contributed by atoms with Gasteiger partial charge >= 0.3 is 0 Å². The van der Waals surface area contributed by atoms with Crippen LogP contribution in [0.5, 0.6) is 0 Å². The number of piperidine rings is 1. The summed E-state index contributed by atoms with van der Waals surface area (Å²) in [6.07, 6.45) is 0.792. The van der Waals surface area contributed by atoms with Crippen molar-refractivity contribution in [3.05, 3.63) is 34.1 Å². The number of halogens is 2. The zero-order chi connectivity index (χ0) is 13.3. The first kappa shape index (κ1) is 13.5. The first-order chi connectivity index (χ1) is 8.50. The highest BCUT2D eigenvalue weighted by Gasteiger charge is 2.28. The molecule has 5 heteroatoms. The maximum Gasteiger partial charge on any atom is 0.255 e. The van der Waals surface area contributed by atoms with Crippen molar-refractivity contribution in [2.24, 2.45) is 11.7 Å². The Kier molecular flexibility index (Phi) is 4.02. The van der Waals surface area contributed by atoms with Gasteiger partial charge in [0.15, 0.2) is 0 Å². The summed E-state index contributed by atoms with van der Waals surface area (Å²) in [5.41, 5.74) is 6.30. The molecule has 1 aromatic carbocycles. The smallest absolute Gasteiger partial charge is 0.255 e. The van der Waals surface area contributed by atoms with E-state index in [0.717, 1.165) is 6.42 Å². The lowest BCUT2D eigenvalue weighted by atomic mass is 9.94. The van der Waals surface area contributed by atoms with E-state index in [1.165, 1.54) is 6.07 Å². The van der Waals surface area contributed by atoms with E-state index in [1.807, 2.05) is 6.92 Å². The summed E-state index contributed by atoms with van der Waals surface area (Å²) >= 11 is 3.13. The molecular weight excluding hydrogens is 299 g/mol. The third-order valence-corrected chi connectivity index (χ3v) is 4.25. The van der Waals surface area contributed by atoms with Gasteiger partial charge in [-0.2, -0.15) is 0 Å². The molecule has 1 amide bonds. The Labute approximate surface area is 114 Å². The Morgan fingerprint density at radius 1 is 1.56 bits per heavy atom. The number of carbonyl (C=O) groups is 1. The van der Waals surface area contributed by atoms with Crippen LogP contribution in [0.25, 0.3) is 0 Å². The molecular formula is C13H16BrFN2O. The lowest BCUT2D eigenvalue weighted by Gasteiger charge is -2.35. The Bertz CT molecular complexity index is 466. The van der Waals surface area contributed by atoms with Gasteiger partial charge in [0.25, 0.3) is 5.91 Å². The average Bonchev–Trinajstić information content (AvgIpc) is 2.35. The van der Waals surface area contributed by atoms with Crippen molar-refractivity contribution in [2.45, 2.75) is 19.4 Å². The van der Waals surface area contributed by atoms with Crippen LogP contribution in [0, 0.1) is 11.7 Å². The number of nitrogens with two attached hydrogens (primary N) is 1. The summed E-state index contributed by atoms with van der Waals surface area (Å²) in [6, 6.07) is 4.65. The van der Waals surface area contributed by atoms with Crippen molar-refractivity contribution in [2.75, 3.05) is 13.1 Å². The van der Waals surface area contributed by atoms with Gasteiger partial charge < -0.3 is 10.6 Å². The fraction of sp³-hybridized carbons (Fsp3) is 0.462. The minimum absolute atomic E-state index is 0.139. The Morgan fingerprint density at radius 3 is 2.94 bits per heavy atom. The first-order valence-corrected chi connectivity index (χ1v) is 6.79. The van der Waals surface area contributed by atoms with Crippen molar-refractivity contribution < 1.29 is 9.18 Å². The van der Waals surface area contributed by atoms with Gasteiger partial charge in [0.1, 0.15) is 5.82 Å². The summed E-state index contributed by atoms with van der Waals surface area (Å²) in [7, 11) is 0. The molecule has 0 bridgehead atoms. The zero-order valence-corrected chi connectivity index (χ0v) is 11.8. The molecule has 0 spiro atoms. The van der Waals surface area contributed by atoms with Crippen LogP contribution < -0.4 is 5.73 Å². The molecule has 1 heterocycles. The first-order valence-electron chi connectivity index (χ1n) is 5.99. The molecule has 0 saturated carbocycles. The maximum atomic E-state index is 13.4. The number of benzene rings is 1. The number of nitrogens with zero attached hydrogens (tertiary/aromatic N) is 1. The van der Waals surface area contributed by atoms with Crippen LogP contribution in [0.3, 0.4) is 0 Å². The Hall–Kier alpha value is -0.940. The molecule has 2 rings (SSSR count). The standard InChI is InChI=1S/C13H16BrFN2O/c1-8-7-17(6-5-11(8)16)13(18)9-3-2-4-10(15)12(9)14/h2-4,8,11H,5-7,16H2,1H3. The van der Waals surface area contributed by atoms with Crippen molar-refractivity contribution >= 4 is 21.8 Å². The molecule has 2 unspecified atom stereocenters. The highest BCUT2D eigenvalue weighted by atomic mass is 79.9. The maximum absolute atomic E-state index is 13.4. The van der Waals surface area contributed by atoms with E-state index in [0.29, 0.717) is 18.7 Å². The molecule has 2 N–H and O–H groups in total. The number of hydrogen-bond donors (Lipinski definition) is 1. The van der Waals surface area contributed by atoms with Crippen LogP contribution in [-0.4, -0.2) is 29.9 Å². The molecule has 1 aromatic rings. The van der Waals surface area contributed by atoms with Gasteiger partial charge in [0, 0.05) is 19.1 Å². The normalized spacial score (nSPS) is 24.1. The van der Waals surface area contributed by atoms with Crippen LogP contribution in [0.2, 0.25) is 0 Å². The van der Waals surface area contributed by atoms with Gasteiger partial charge in [-0.05, 0) is 40.4 Å². The van der Waals surface area contributed by atoms with Gasteiger partial charge in [-0.15, -0.1) is 0 Å². The largest absolute Gasteiger partial charge is 0.338 e. The minimum atomic E-state index is -0.414. The third-order valence-electron chi connectivity index (χ3n) is 3.44. The molecule has 1 fully saturated rings. The summed E-state index contributed by atoms with van der Waals surface area (Å²) < 4.78 is 13.6. The zero-order valence-electron chi connectivity index (χ0n) is 10.2. The summed E-state index contributed by atoms with van der Waals surface area (Å²) in [4.78, 5) is 14.1. The van der Waals surface area contributed by atoms with Crippen molar-refractivity contribution in [3.8, 4) is 0 Å². The topological polar surface area (TPSA) is 46.3 Å². The molecule has 0 aromatic heterocycles. The van der Waals surface area contributed by atoms with E-state index < -0.39 is 5.82 Å². The van der Waals surface area contributed by atoms with Crippen molar-refractivity contribution in [1.29, 1.82) is 0 Å². The molecule has 0 aliphatic carbocycles. The Balaban J connectivity index is 2.19. The van der Waals surface area contributed by atoms with E-state index >= 15 is 0 Å². The summed E-state index contributed by atoms with van der Waals surface area (Å²) in [5, 5.41) is 0. The van der Waals surface area contributed by atoms with Crippen LogP contribution in [0.1, 0.15) is 23.7 Å². The van der Waals surface area contributed by atoms with Crippen LogP contribution in [-0.2, 0) is 0 Å². The van der Waals surface area contributed by atoms with Crippen LogP contribution in [0.4, 0.5) is 4.39 Å². The second-order valence-electron chi connectivity index (χ2n) is 4.78. The number of hydrogen-bond acceptors (Lipinski definition) is 2. The third kappa shape index (κ3) is 2.57. The highest BCUT2D eigenvalue weighted by molar-refractivity contribution is 9.10. The minimum Gasteiger partial charge on any atom is -0.338 e. The van der Waals surface area contributed by atoms with Gasteiger partial charge in [-0.1, -0.05) is 13.0 Å². The van der Waals surface area contributed by atoms with E-state index in [9.17, 15) is 9.18 Å². The van der Waals surface area contributed by atoms with E-state index in [-0.39, 0.29) is 22.3 Å². The van der Waals surface area contributed by atoms with Crippen LogP contribution >= 0.6 is 15.9 Å². The second kappa shape index (κ2) is 5.36. The van der Waals surface area contributed by atoms with Gasteiger partial charge in [-0.3, -0.25) is 4.79 Å². The summed E-state index contributed by atoms with van der Waals surface area (Å²) in [5.74, 6) is -0.280. The monoisotopic (exact) mass is 314 g/mol. The predicted molar refractivity (Wildman–Crippen MR) is 71.8 cm³/mol. The number of amides is 1. The molecule has 1 aliphatic heterocycles. The predicted octanol–water partition coefficient (Wildman–Crippen LogP) is 2.40. The van der Waals surface area contributed by atoms with Gasteiger partial charge in [-0.25, -0.2) is 4.39 Å². The van der Waals surface area contributed by atoms with E-state index in [1.54, 1.807) is 17.0 Å². The molecule has 98 valence electrons. The van der Waals surface area contributed by atoms with Crippen molar-refractivity contribution in [1.82, 2.24) is 4.90 Å². The molecule has 2 atom stereocenters. The highest BCUT2D eigenvalue weighted by Crippen LogP contribution is 2.24. The Morgan fingerprint density at radius 2 is 2.28 bits per heavy atom. The van der Waals surface area contributed by atoms with Gasteiger partial charge in [0.05, 0.1) is 10.0 Å². The number of carbonyl (C=O) groups excluding carboxylic acids is 1. The number of rotatable bonds is 1. The molecule has 1 aliphatic rings. The quantitative estimate of drug-likeness (QED) is 0.865. The fourth-order valence-corrected chi connectivity index (χ4v) is 2.62. The number of likely N-dealkylation sites (tertiary alicyclic amines) is 1. The van der Waals surface area contributed by atoms with E-state index in [2.05, 4.69) is 15.9 Å². The lowest BCUT2D eigenvalue weighted by molar-refractivity contribution is 0.0662. The molecule has 1 saturated heterocycles. The second-order valence-corrected chi connectivity index (χ2v) is 5.58. The summed E-state index contributed by atoms with van der Waals surface area (Å²) in [6.45, 7) is 3.29. The molecule has 18 heavy (non-hydrogen) atoms.